The van der Waals surface area contributed by atoms with Gasteiger partial charge in [-0.1, -0.05) is 87.9 Å². The summed E-state index contributed by atoms with van der Waals surface area (Å²) in [5, 5.41) is 2.32. The van der Waals surface area contributed by atoms with Crippen molar-refractivity contribution in [3.63, 3.8) is 0 Å². The Morgan fingerprint density at radius 1 is 0.843 bits per heavy atom. The number of nitrogens with zero attached hydrogens (tertiary/aromatic N) is 6. The first kappa shape index (κ1) is 29.2. The standard InChI is InChI=1S/C44H40N6O/c1-7-13-26-14-12-16-27(25(26)2)39-45-24-33-40(46-39)48(6)42-44(4)36-35(43(44,3)31-17-9-10-18-32(31)50(33)42)30-21-20-29-28-15-8-11-19-34(28)51-38(29)37(30)49-23-22-47(5)41(36)49/h8-12,14-24,41-42H,7,13H2,1-6H3. The Morgan fingerprint density at radius 3 is 2.53 bits per heavy atom. The second kappa shape index (κ2) is 9.60. The van der Waals surface area contributed by atoms with Gasteiger partial charge in [0.15, 0.2) is 17.2 Å². The van der Waals surface area contributed by atoms with E-state index in [0.29, 0.717) is 0 Å². The third kappa shape index (κ3) is 3.23. The lowest BCUT2D eigenvalue weighted by atomic mass is 9.40. The first-order valence-electron chi connectivity index (χ1n) is 18.2. The van der Waals surface area contributed by atoms with Crippen LogP contribution in [-0.4, -0.2) is 41.3 Å². The van der Waals surface area contributed by atoms with Crippen molar-refractivity contribution >= 4 is 50.4 Å². The fraction of sp³-hybridized carbons (Fsp3) is 0.273. The molecular weight excluding hydrogens is 629 g/mol. The van der Waals surface area contributed by atoms with E-state index in [-0.39, 0.29) is 23.2 Å². The number of hydrogen-bond acceptors (Lipinski definition) is 7. The predicted octanol–water partition coefficient (Wildman–Crippen LogP) is 9.53. The average molecular weight is 669 g/mol. The molecule has 0 radical (unpaired) electrons. The van der Waals surface area contributed by atoms with Crippen LogP contribution >= 0.6 is 0 Å². The molecule has 252 valence electrons. The van der Waals surface area contributed by atoms with E-state index in [9.17, 15) is 0 Å². The van der Waals surface area contributed by atoms with Crippen LogP contribution in [0.3, 0.4) is 0 Å². The van der Waals surface area contributed by atoms with Gasteiger partial charge in [-0.25, -0.2) is 9.97 Å². The Morgan fingerprint density at radius 2 is 1.67 bits per heavy atom. The topological polar surface area (TPSA) is 51.9 Å². The van der Waals surface area contributed by atoms with E-state index in [1.807, 2.05) is 0 Å². The number of furan rings is 1. The van der Waals surface area contributed by atoms with Crippen molar-refractivity contribution in [3.05, 3.63) is 125 Å². The summed E-state index contributed by atoms with van der Waals surface area (Å²) in [7, 11) is 4.45. The maximum Gasteiger partial charge on any atom is 0.161 e. The van der Waals surface area contributed by atoms with Gasteiger partial charge in [0, 0.05) is 64.9 Å². The van der Waals surface area contributed by atoms with Gasteiger partial charge < -0.3 is 24.0 Å². The molecule has 2 aromatic heterocycles. The van der Waals surface area contributed by atoms with Crippen LogP contribution in [0.15, 0.2) is 107 Å². The van der Waals surface area contributed by atoms with Gasteiger partial charge in [-0.05, 0) is 59.4 Å². The van der Waals surface area contributed by atoms with Crippen molar-refractivity contribution < 1.29 is 4.42 Å². The third-order valence-electron chi connectivity index (χ3n) is 13.2. The zero-order valence-electron chi connectivity index (χ0n) is 29.9. The van der Waals surface area contributed by atoms with Crippen molar-refractivity contribution in [3.8, 4) is 11.4 Å². The van der Waals surface area contributed by atoms with Crippen LogP contribution < -0.4 is 14.7 Å². The van der Waals surface area contributed by atoms with Crippen LogP contribution in [0, 0.1) is 12.3 Å². The summed E-state index contributed by atoms with van der Waals surface area (Å²) in [5.41, 5.74) is 14.0. The Bertz CT molecular complexity index is 2580. The zero-order chi connectivity index (χ0) is 34.6. The SMILES string of the molecule is CCCc1cccc(-c2ncc3c(n2)N(C)C2N3c3ccccc3C3(C)C4=C(C5N(C)C=CN5c5c4ccc4c5oc5ccccc54)C23C)c1C. The highest BCUT2D eigenvalue weighted by atomic mass is 16.3. The zero-order valence-corrected chi connectivity index (χ0v) is 29.9. The Hall–Kier alpha value is -5.56. The highest BCUT2D eigenvalue weighted by molar-refractivity contribution is 6.14. The van der Waals surface area contributed by atoms with Gasteiger partial charge in [0.1, 0.15) is 23.6 Å². The fourth-order valence-electron chi connectivity index (χ4n) is 10.8. The number of aromatic nitrogens is 2. The largest absolute Gasteiger partial charge is 0.454 e. The van der Waals surface area contributed by atoms with Crippen molar-refractivity contribution in [2.45, 2.75) is 58.3 Å². The number of fused-ring (bicyclic) bond motifs is 19. The molecule has 5 aliphatic rings. The molecule has 0 saturated heterocycles. The van der Waals surface area contributed by atoms with E-state index in [0.717, 1.165) is 63.4 Å². The van der Waals surface area contributed by atoms with Crippen LogP contribution in [0.25, 0.3) is 38.9 Å². The monoisotopic (exact) mass is 668 g/mol. The van der Waals surface area contributed by atoms with E-state index in [4.69, 9.17) is 14.4 Å². The number of likely N-dealkylation sites (N-methyl/N-ethyl adjacent to an activating group) is 1. The molecule has 4 unspecified atom stereocenters. The summed E-state index contributed by atoms with van der Waals surface area (Å²) in [6, 6.07) is 28.6. The molecule has 7 nitrogen and oxygen atoms in total. The molecule has 6 heterocycles. The van der Waals surface area contributed by atoms with Crippen molar-refractivity contribution in [2.24, 2.45) is 5.41 Å². The molecule has 1 aliphatic carbocycles. The van der Waals surface area contributed by atoms with E-state index < -0.39 is 0 Å². The van der Waals surface area contributed by atoms with Gasteiger partial charge in [0.05, 0.1) is 11.9 Å². The average Bonchev–Trinajstić information content (AvgIpc) is 3.81. The summed E-state index contributed by atoms with van der Waals surface area (Å²) in [6.45, 7) is 9.44. The number of benzene rings is 4. The molecule has 0 N–H and O–H groups in total. The minimum atomic E-state index is -0.290. The van der Waals surface area contributed by atoms with Crippen molar-refractivity contribution in [1.82, 2.24) is 14.9 Å². The number of allylic oxidation sites excluding steroid dienone is 1. The van der Waals surface area contributed by atoms with Gasteiger partial charge >= 0.3 is 0 Å². The minimum absolute atomic E-state index is 0.00412. The molecule has 7 heteroatoms. The van der Waals surface area contributed by atoms with Crippen LogP contribution in [0.2, 0.25) is 0 Å². The van der Waals surface area contributed by atoms with E-state index in [2.05, 4.69) is 159 Å². The Labute approximate surface area is 298 Å². The predicted molar refractivity (Wildman–Crippen MR) is 206 cm³/mol. The molecule has 4 aliphatic heterocycles. The highest BCUT2D eigenvalue weighted by Gasteiger charge is 2.73. The van der Waals surface area contributed by atoms with Gasteiger partial charge in [-0.2, -0.15) is 0 Å². The molecule has 4 aromatic carbocycles. The van der Waals surface area contributed by atoms with Crippen LogP contribution in [-0.2, 0) is 11.8 Å². The molecule has 0 spiro atoms. The molecule has 0 fully saturated rings. The lowest BCUT2D eigenvalue weighted by Crippen LogP contribution is -2.72. The molecule has 6 aromatic rings. The van der Waals surface area contributed by atoms with E-state index in [1.54, 1.807) is 0 Å². The summed E-state index contributed by atoms with van der Waals surface area (Å²) in [6.07, 6.45) is 8.72. The first-order chi connectivity index (χ1) is 24.8. The number of para-hydroxylation sites is 2. The lowest BCUT2D eigenvalue weighted by Gasteiger charge is -2.69. The minimum Gasteiger partial charge on any atom is -0.454 e. The second-order valence-corrected chi connectivity index (χ2v) is 15.4. The quantitative estimate of drug-likeness (QED) is 0.186. The fourth-order valence-corrected chi connectivity index (χ4v) is 10.8. The number of rotatable bonds is 3. The summed E-state index contributed by atoms with van der Waals surface area (Å²) < 4.78 is 6.72. The second-order valence-electron chi connectivity index (χ2n) is 15.4. The van der Waals surface area contributed by atoms with Gasteiger partial charge in [0.25, 0.3) is 0 Å². The van der Waals surface area contributed by atoms with Gasteiger partial charge in [-0.3, -0.25) is 0 Å². The van der Waals surface area contributed by atoms with E-state index in [1.165, 1.54) is 39.1 Å². The van der Waals surface area contributed by atoms with Crippen LogP contribution in [0.1, 0.15) is 49.4 Å². The van der Waals surface area contributed by atoms with Crippen molar-refractivity contribution in [1.29, 1.82) is 0 Å². The summed E-state index contributed by atoms with van der Waals surface area (Å²) in [5.74, 6) is 1.77. The molecule has 51 heavy (non-hydrogen) atoms. The lowest BCUT2D eigenvalue weighted by molar-refractivity contribution is 0.134. The number of anilines is 4. The number of aryl methyl sites for hydroxylation is 1. The van der Waals surface area contributed by atoms with E-state index >= 15 is 0 Å². The first-order valence-corrected chi connectivity index (χ1v) is 18.2. The number of hydrogen-bond donors (Lipinski definition) is 0. The van der Waals surface area contributed by atoms with Crippen LogP contribution in [0.4, 0.5) is 22.9 Å². The molecular formula is C44H40N6O. The molecule has 4 atom stereocenters. The molecule has 0 saturated carbocycles. The summed E-state index contributed by atoms with van der Waals surface area (Å²) >= 11 is 0. The van der Waals surface area contributed by atoms with Gasteiger partial charge in [0.2, 0.25) is 0 Å². The summed E-state index contributed by atoms with van der Waals surface area (Å²) in [4.78, 5) is 20.3. The Kier molecular flexibility index (Phi) is 5.50. The van der Waals surface area contributed by atoms with Gasteiger partial charge in [-0.15, -0.1) is 0 Å². The van der Waals surface area contributed by atoms with Crippen molar-refractivity contribution in [2.75, 3.05) is 28.8 Å². The third-order valence-corrected chi connectivity index (χ3v) is 13.2. The molecule has 0 bridgehead atoms. The maximum absolute atomic E-state index is 6.72. The van der Waals surface area contributed by atoms with Crippen LogP contribution in [0.5, 0.6) is 0 Å². The Balaban J connectivity index is 1.15. The normalized spacial score (nSPS) is 25.1. The molecule has 0 amide bonds. The highest BCUT2D eigenvalue weighted by Crippen LogP contribution is 2.76. The molecule has 11 rings (SSSR count). The smallest absolute Gasteiger partial charge is 0.161 e. The maximum atomic E-state index is 6.72.